The lowest BCUT2D eigenvalue weighted by molar-refractivity contribution is 0.413. The van der Waals surface area contributed by atoms with Gasteiger partial charge in [0.05, 0.1) is 7.11 Å². The largest absolute Gasteiger partial charge is 0.496 e. The van der Waals surface area contributed by atoms with Crippen LogP contribution in [0.1, 0.15) is 24.5 Å². The van der Waals surface area contributed by atoms with Gasteiger partial charge in [-0.15, -0.1) is 0 Å². The minimum atomic E-state index is 0.957. The number of fused-ring (bicyclic) bond motifs is 1. The SMILES string of the molecule is COc1ccc(C)c2c1C(C)=CCCN2. The standard InChI is InChI=1S/C13H17NO/c1-9-5-4-8-14-13-10(2)6-7-11(15-3)12(9)13/h5-7,14H,4,8H2,1-3H3. The molecule has 1 aliphatic rings. The number of rotatable bonds is 1. The van der Waals surface area contributed by atoms with Crippen molar-refractivity contribution in [2.45, 2.75) is 20.3 Å². The van der Waals surface area contributed by atoms with E-state index in [1.807, 2.05) is 6.07 Å². The first-order chi connectivity index (χ1) is 7.24. The quantitative estimate of drug-likeness (QED) is 0.756. The van der Waals surface area contributed by atoms with Crippen LogP contribution in [0, 0.1) is 6.92 Å². The third kappa shape index (κ3) is 1.72. The topological polar surface area (TPSA) is 21.3 Å². The molecule has 80 valence electrons. The van der Waals surface area contributed by atoms with Crippen LogP contribution in [0.3, 0.4) is 0 Å². The first-order valence-corrected chi connectivity index (χ1v) is 5.32. The fraction of sp³-hybridized carbons (Fsp3) is 0.385. The number of aryl methyl sites for hydroxylation is 1. The maximum absolute atomic E-state index is 5.41. The third-order valence-electron chi connectivity index (χ3n) is 2.89. The molecule has 0 aromatic heterocycles. The van der Waals surface area contributed by atoms with Crippen molar-refractivity contribution in [3.8, 4) is 5.75 Å². The highest BCUT2D eigenvalue weighted by molar-refractivity contribution is 5.82. The number of methoxy groups -OCH3 is 1. The molecule has 0 amide bonds. The smallest absolute Gasteiger partial charge is 0.128 e. The van der Waals surface area contributed by atoms with Crippen LogP contribution in [0.2, 0.25) is 0 Å². The maximum atomic E-state index is 5.41. The van der Waals surface area contributed by atoms with Crippen molar-refractivity contribution in [1.29, 1.82) is 0 Å². The minimum absolute atomic E-state index is 0.957. The van der Waals surface area contributed by atoms with Gasteiger partial charge in [-0.1, -0.05) is 12.1 Å². The van der Waals surface area contributed by atoms with Crippen LogP contribution in [0.5, 0.6) is 5.75 Å². The monoisotopic (exact) mass is 203 g/mol. The zero-order valence-electron chi connectivity index (χ0n) is 9.55. The average molecular weight is 203 g/mol. The van der Waals surface area contributed by atoms with E-state index in [-0.39, 0.29) is 0 Å². The fourth-order valence-electron chi connectivity index (χ4n) is 2.07. The molecule has 15 heavy (non-hydrogen) atoms. The van der Waals surface area contributed by atoms with E-state index in [9.17, 15) is 0 Å². The molecule has 0 spiro atoms. The molecule has 0 radical (unpaired) electrons. The van der Waals surface area contributed by atoms with E-state index in [1.165, 1.54) is 22.4 Å². The van der Waals surface area contributed by atoms with Crippen molar-refractivity contribution in [1.82, 2.24) is 0 Å². The number of hydrogen-bond donors (Lipinski definition) is 1. The molecule has 0 bridgehead atoms. The van der Waals surface area contributed by atoms with Gasteiger partial charge in [0.2, 0.25) is 0 Å². The Balaban J connectivity index is 2.65. The van der Waals surface area contributed by atoms with Crippen LogP contribution in [0.15, 0.2) is 18.2 Å². The summed E-state index contributed by atoms with van der Waals surface area (Å²) < 4.78 is 5.41. The molecule has 1 aliphatic heterocycles. The van der Waals surface area contributed by atoms with Gasteiger partial charge < -0.3 is 10.1 Å². The van der Waals surface area contributed by atoms with Gasteiger partial charge in [-0.3, -0.25) is 0 Å². The molecule has 0 aliphatic carbocycles. The summed E-state index contributed by atoms with van der Waals surface area (Å²) in [7, 11) is 1.73. The van der Waals surface area contributed by atoms with Gasteiger partial charge in [0.25, 0.3) is 0 Å². The summed E-state index contributed by atoms with van der Waals surface area (Å²) in [5.74, 6) is 0.957. The van der Waals surface area contributed by atoms with Crippen molar-refractivity contribution in [3.05, 3.63) is 29.3 Å². The predicted molar refractivity (Wildman–Crippen MR) is 64.5 cm³/mol. The van der Waals surface area contributed by atoms with Crippen LogP contribution < -0.4 is 10.1 Å². The Morgan fingerprint density at radius 1 is 1.27 bits per heavy atom. The van der Waals surface area contributed by atoms with E-state index in [0.29, 0.717) is 0 Å². The van der Waals surface area contributed by atoms with Crippen molar-refractivity contribution < 1.29 is 4.74 Å². The summed E-state index contributed by atoms with van der Waals surface area (Å²) in [5.41, 5.74) is 5.02. The highest BCUT2D eigenvalue weighted by Crippen LogP contribution is 2.36. The zero-order chi connectivity index (χ0) is 10.8. The molecule has 0 unspecified atom stereocenters. The van der Waals surface area contributed by atoms with Gasteiger partial charge in [0.1, 0.15) is 5.75 Å². The second-order valence-corrected chi connectivity index (χ2v) is 3.94. The molecule has 0 saturated heterocycles. The molecule has 0 atom stereocenters. The second-order valence-electron chi connectivity index (χ2n) is 3.94. The number of benzene rings is 1. The van der Waals surface area contributed by atoms with Gasteiger partial charge in [-0.05, 0) is 37.5 Å². The number of anilines is 1. The normalized spacial score (nSPS) is 14.7. The van der Waals surface area contributed by atoms with E-state index < -0.39 is 0 Å². The van der Waals surface area contributed by atoms with Crippen molar-refractivity contribution in [2.24, 2.45) is 0 Å². The molecule has 0 saturated carbocycles. The summed E-state index contributed by atoms with van der Waals surface area (Å²) >= 11 is 0. The number of hydrogen-bond acceptors (Lipinski definition) is 2. The van der Waals surface area contributed by atoms with Gasteiger partial charge >= 0.3 is 0 Å². The first kappa shape index (κ1) is 10.1. The second kappa shape index (κ2) is 3.97. The molecule has 2 heteroatoms. The molecule has 1 aromatic carbocycles. The number of ether oxygens (including phenoxy) is 1. The molecule has 1 N–H and O–H groups in total. The lowest BCUT2D eigenvalue weighted by Gasteiger charge is -2.15. The van der Waals surface area contributed by atoms with Crippen LogP contribution in [-0.4, -0.2) is 13.7 Å². The van der Waals surface area contributed by atoms with Gasteiger partial charge in [-0.2, -0.15) is 0 Å². The Hall–Kier alpha value is -1.44. The molecule has 2 rings (SSSR count). The van der Waals surface area contributed by atoms with E-state index in [4.69, 9.17) is 4.74 Å². The van der Waals surface area contributed by atoms with Crippen LogP contribution in [0.25, 0.3) is 5.57 Å². The van der Waals surface area contributed by atoms with E-state index >= 15 is 0 Å². The lowest BCUT2D eigenvalue weighted by atomic mass is 10.0. The van der Waals surface area contributed by atoms with Crippen molar-refractivity contribution >= 4 is 11.3 Å². The minimum Gasteiger partial charge on any atom is -0.496 e. The molecule has 1 aromatic rings. The van der Waals surface area contributed by atoms with Gasteiger partial charge in [0.15, 0.2) is 0 Å². The Kier molecular flexibility index (Phi) is 2.67. The van der Waals surface area contributed by atoms with Gasteiger partial charge in [-0.25, -0.2) is 0 Å². The number of nitrogens with one attached hydrogen (secondary N) is 1. The Labute approximate surface area is 91.0 Å². The first-order valence-electron chi connectivity index (χ1n) is 5.32. The van der Waals surface area contributed by atoms with E-state index in [1.54, 1.807) is 7.11 Å². The van der Waals surface area contributed by atoms with Crippen LogP contribution in [0.4, 0.5) is 5.69 Å². The zero-order valence-corrected chi connectivity index (χ0v) is 9.55. The molecule has 0 fully saturated rings. The molecule has 1 heterocycles. The third-order valence-corrected chi connectivity index (χ3v) is 2.89. The van der Waals surface area contributed by atoms with Crippen molar-refractivity contribution in [3.63, 3.8) is 0 Å². The highest BCUT2D eigenvalue weighted by atomic mass is 16.5. The summed E-state index contributed by atoms with van der Waals surface area (Å²) in [5, 5.41) is 3.47. The summed E-state index contributed by atoms with van der Waals surface area (Å²) in [6, 6.07) is 4.14. The predicted octanol–water partition coefficient (Wildman–Crippen LogP) is 3.22. The maximum Gasteiger partial charge on any atom is 0.128 e. The molecular weight excluding hydrogens is 186 g/mol. The van der Waals surface area contributed by atoms with Gasteiger partial charge in [0, 0.05) is 17.8 Å². The van der Waals surface area contributed by atoms with E-state index in [2.05, 4.69) is 31.3 Å². The summed E-state index contributed by atoms with van der Waals surface area (Å²) in [6.45, 7) is 5.27. The average Bonchev–Trinajstić information content (AvgIpc) is 2.43. The fourth-order valence-corrected chi connectivity index (χ4v) is 2.07. The Morgan fingerprint density at radius 2 is 2.07 bits per heavy atom. The summed E-state index contributed by atoms with van der Waals surface area (Å²) in [6.07, 6.45) is 3.34. The number of allylic oxidation sites excluding steroid dienone is 1. The summed E-state index contributed by atoms with van der Waals surface area (Å²) in [4.78, 5) is 0. The van der Waals surface area contributed by atoms with Crippen molar-refractivity contribution in [2.75, 3.05) is 19.0 Å². The van der Waals surface area contributed by atoms with Crippen LogP contribution >= 0.6 is 0 Å². The molecule has 2 nitrogen and oxygen atoms in total. The van der Waals surface area contributed by atoms with E-state index in [0.717, 1.165) is 18.7 Å². The Morgan fingerprint density at radius 3 is 2.80 bits per heavy atom. The Bertz CT molecular complexity index is 407. The molecular formula is C13H17NO. The highest BCUT2D eigenvalue weighted by Gasteiger charge is 2.14. The van der Waals surface area contributed by atoms with Crippen LogP contribution in [-0.2, 0) is 0 Å². The lowest BCUT2D eigenvalue weighted by Crippen LogP contribution is -2.03.